The first-order valence-corrected chi connectivity index (χ1v) is 9.51. The monoisotopic (exact) mass is 388 g/mol. The second-order valence-electron chi connectivity index (χ2n) is 8.07. The van der Waals surface area contributed by atoms with Gasteiger partial charge in [-0.1, -0.05) is 0 Å². The molecule has 2 atom stereocenters. The van der Waals surface area contributed by atoms with Gasteiger partial charge in [0.15, 0.2) is 0 Å². The Morgan fingerprint density at radius 1 is 0.929 bits per heavy atom. The lowest BCUT2D eigenvalue weighted by Gasteiger charge is -2.54. The molecular weight excluding hydrogens is 364 g/mol. The molecule has 0 aromatic heterocycles. The Balaban J connectivity index is 1.65. The van der Waals surface area contributed by atoms with Gasteiger partial charge < -0.3 is 18.9 Å². The van der Waals surface area contributed by atoms with Crippen LogP contribution in [-0.2, 0) is 14.3 Å². The smallest absolute Gasteiger partial charge is 0.346 e. The molecule has 28 heavy (non-hydrogen) atoms. The van der Waals surface area contributed by atoms with Gasteiger partial charge in [-0.15, -0.1) is 0 Å². The van der Waals surface area contributed by atoms with Crippen molar-refractivity contribution in [3.05, 3.63) is 23.3 Å². The predicted octanol–water partition coefficient (Wildman–Crippen LogP) is 2.80. The summed E-state index contributed by atoms with van der Waals surface area (Å²) in [5.74, 6) is 0.0366. The van der Waals surface area contributed by atoms with E-state index in [-0.39, 0.29) is 34.5 Å². The van der Waals surface area contributed by atoms with E-state index in [2.05, 4.69) is 0 Å². The molecule has 4 aliphatic rings. The van der Waals surface area contributed by atoms with Crippen LogP contribution in [0.5, 0.6) is 11.5 Å². The Bertz CT molecular complexity index is 800. The van der Waals surface area contributed by atoms with E-state index >= 15 is 0 Å². The number of ether oxygens (including phenoxy) is 4. The van der Waals surface area contributed by atoms with Gasteiger partial charge in [0.2, 0.25) is 0 Å². The summed E-state index contributed by atoms with van der Waals surface area (Å²) < 4.78 is 21.4. The molecule has 1 aromatic carbocycles. The van der Waals surface area contributed by atoms with Gasteiger partial charge in [-0.3, -0.25) is 4.79 Å². The number of benzene rings is 1. The third kappa shape index (κ3) is 2.93. The quantitative estimate of drug-likeness (QED) is 0.717. The standard InChI is InChI=1S/C21H24O7/c1-25-15-6-12(19(23)27-3)7-16(26-2)17(15)20(24)28-21-8-11-4-13(9-21)18(22)14(5-11)10-21/h6-7,11,13-14H,4-5,8-10H2,1-3H3. The van der Waals surface area contributed by atoms with Crippen molar-refractivity contribution in [3.8, 4) is 11.5 Å². The maximum Gasteiger partial charge on any atom is 0.346 e. The van der Waals surface area contributed by atoms with Gasteiger partial charge >= 0.3 is 11.9 Å². The van der Waals surface area contributed by atoms with Crippen molar-refractivity contribution in [2.75, 3.05) is 21.3 Å². The first-order valence-electron chi connectivity index (χ1n) is 9.51. The second kappa shape index (κ2) is 6.79. The van der Waals surface area contributed by atoms with Crippen molar-refractivity contribution in [1.82, 2.24) is 0 Å². The topological polar surface area (TPSA) is 88.1 Å². The molecule has 4 aliphatic carbocycles. The summed E-state index contributed by atoms with van der Waals surface area (Å²) >= 11 is 0. The van der Waals surface area contributed by atoms with Crippen LogP contribution in [0.1, 0.15) is 52.8 Å². The number of hydrogen-bond acceptors (Lipinski definition) is 7. The maximum atomic E-state index is 13.1. The third-order valence-corrected chi connectivity index (χ3v) is 6.38. The van der Waals surface area contributed by atoms with Gasteiger partial charge in [0, 0.05) is 11.8 Å². The molecule has 0 radical (unpaired) electrons. The fourth-order valence-electron chi connectivity index (χ4n) is 5.40. The highest BCUT2D eigenvalue weighted by molar-refractivity contribution is 5.99. The van der Waals surface area contributed by atoms with E-state index in [9.17, 15) is 14.4 Å². The van der Waals surface area contributed by atoms with Gasteiger partial charge in [0.05, 0.1) is 26.9 Å². The molecule has 4 fully saturated rings. The van der Waals surface area contributed by atoms with Crippen LogP contribution in [0.4, 0.5) is 0 Å². The Morgan fingerprint density at radius 2 is 1.50 bits per heavy atom. The number of hydrogen-bond donors (Lipinski definition) is 0. The molecule has 0 spiro atoms. The summed E-state index contributed by atoms with van der Waals surface area (Å²) in [6, 6.07) is 2.88. The van der Waals surface area contributed by atoms with Gasteiger partial charge in [-0.25, -0.2) is 9.59 Å². The van der Waals surface area contributed by atoms with Crippen LogP contribution in [0.25, 0.3) is 0 Å². The van der Waals surface area contributed by atoms with Crippen molar-refractivity contribution in [2.24, 2.45) is 17.8 Å². The summed E-state index contributed by atoms with van der Waals surface area (Å²) in [4.78, 5) is 37.4. The minimum Gasteiger partial charge on any atom is -0.496 e. The Morgan fingerprint density at radius 3 is 2.00 bits per heavy atom. The van der Waals surface area contributed by atoms with Crippen molar-refractivity contribution in [2.45, 2.75) is 37.7 Å². The molecule has 0 aliphatic heterocycles. The van der Waals surface area contributed by atoms with Crippen LogP contribution in [0.3, 0.4) is 0 Å². The molecule has 0 N–H and O–H groups in total. The SMILES string of the molecule is COC(=O)c1cc(OC)c(C(=O)OC23CC4CC(C2)C(=O)C(C4)C3)c(OC)c1. The second-order valence-corrected chi connectivity index (χ2v) is 8.07. The van der Waals surface area contributed by atoms with Crippen molar-refractivity contribution in [1.29, 1.82) is 0 Å². The summed E-state index contributed by atoms with van der Waals surface area (Å²) in [5.41, 5.74) is -0.244. The number of carbonyl (C=O) groups excluding carboxylic acids is 3. The summed E-state index contributed by atoms with van der Waals surface area (Å²) in [6.45, 7) is 0. The fourth-order valence-corrected chi connectivity index (χ4v) is 5.40. The molecule has 4 bridgehead atoms. The molecule has 4 saturated carbocycles. The van der Waals surface area contributed by atoms with E-state index < -0.39 is 17.5 Å². The summed E-state index contributed by atoms with van der Waals surface area (Å²) in [7, 11) is 4.10. The van der Waals surface area contributed by atoms with Crippen molar-refractivity contribution < 1.29 is 33.3 Å². The molecule has 0 saturated heterocycles. The lowest BCUT2D eigenvalue weighted by Crippen LogP contribution is -2.56. The zero-order valence-corrected chi connectivity index (χ0v) is 16.3. The molecule has 0 heterocycles. The van der Waals surface area contributed by atoms with Crippen LogP contribution in [0.2, 0.25) is 0 Å². The summed E-state index contributed by atoms with van der Waals surface area (Å²) in [5, 5.41) is 0. The third-order valence-electron chi connectivity index (χ3n) is 6.38. The molecule has 5 rings (SSSR count). The van der Waals surface area contributed by atoms with Crippen LogP contribution >= 0.6 is 0 Å². The Hall–Kier alpha value is -2.57. The van der Waals surface area contributed by atoms with E-state index in [0.29, 0.717) is 24.5 Å². The average Bonchev–Trinajstić information content (AvgIpc) is 2.69. The highest BCUT2D eigenvalue weighted by Gasteiger charge is 2.57. The molecule has 7 heteroatoms. The van der Waals surface area contributed by atoms with Crippen LogP contribution < -0.4 is 9.47 Å². The number of ketones is 1. The molecule has 1 aromatic rings. The molecular formula is C21H24O7. The van der Waals surface area contributed by atoms with Gasteiger partial charge in [0.1, 0.15) is 28.4 Å². The lowest BCUT2D eigenvalue weighted by molar-refractivity contribution is -0.162. The van der Waals surface area contributed by atoms with E-state index in [1.807, 2.05) is 0 Å². The van der Waals surface area contributed by atoms with Crippen LogP contribution in [0, 0.1) is 17.8 Å². The van der Waals surface area contributed by atoms with Crippen LogP contribution in [0.15, 0.2) is 12.1 Å². The number of rotatable bonds is 5. The van der Waals surface area contributed by atoms with Crippen molar-refractivity contribution in [3.63, 3.8) is 0 Å². The zero-order valence-electron chi connectivity index (χ0n) is 16.3. The number of esters is 2. The molecule has 0 amide bonds. The minimum atomic E-state index is -0.599. The first kappa shape index (κ1) is 18.8. The first-order chi connectivity index (χ1) is 13.4. The van der Waals surface area contributed by atoms with E-state index in [1.165, 1.54) is 33.5 Å². The van der Waals surface area contributed by atoms with Crippen molar-refractivity contribution >= 4 is 17.7 Å². The van der Waals surface area contributed by atoms with E-state index in [1.54, 1.807) is 0 Å². The highest BCUT2D eigenvalue weighted by atomic mass is 16.6. The number of methoxy groups -OCH3 is 3. The normalized spacial score (nSPS) is 30.1. The highest BCUT2D eigenvalue weighted by Crippen LogP contribution is 2.56. The van der Waals surface area contributed by atoms with Gasteiger partial charge in [0.25, 0.3) is 0 Å². The fraction of sp³-hybridized carbons (Fsp3) is 0.571. The Labute approximate surface area is 163 Å². The zero-order chi connectivity index (χ0) is 20.1. The largest absolute Gasteiger partial charge is 0.496 e. The average molecular weight is 388 g/mol. The number of Topliss-reactive ketones (excluding diaryl/α,β-unsaturated/α-hetero) is 1. The molecule has 2 unspecified atom stereocenters. The molecule has 150 valence electrons. The maximum absolute atomic E-state index is 13.1. The Kier molecular flexibility index (Phi) is 4.56. The van der Waals surface area contributed by atoms with E-state index in [4.69, 9.17) is 18.9 Å². The summed E-state index contributed by atoms with van der Waals surface area (Å²) in [6.07, 6.45) is 3.80. The number of carbonyl (C=O) groups is 3. The van der Waals surface area contributed by atoms with Gasteiger partial charge in [-0.05, 0) is 50.2 Å². The van der Waals surface area contributed by atoms with Crippen LogP contribution in [-0.4, -0.2) is 44.7 Å². The molecule has 7 nitrogen and oxygen atoms in total. The van der Waals surface area contributed by atoms with E-state index in [0.717, 1.165) is 19.3 Å². The van der Waals surface area contributed by atoms with Gasteiger partial charge in [-0.2, -0.15) is 0 Å². The minimum absolute atomic E-state index is 0.00421. The lowest BCUT2D eigenvalue weighted by atomic mass is 9.53. The predicted molar refractivity (Wildman–Crippen MR) is 97.6 cm³/mol.